The average molecular weight is 384 g/mol. The van der Waals surface area contributed by atoms with Crippen LogP contribution >= 0.6 is 0 Å². The van der Waals surface area contributed by atoms with Gasteiger partial charge in [0.1, 0.15) is 0 Å². The summed E-state index contributed by atoms with van der Waals surface area (Å²) < 4.78 is 15.6. The zero-order valence-electron chi connectivity index (χ0n) is 15.6. The zero-order valence-corrected chi connectivity index (χ0v) is 15.6. The summed E-state index contributed by atoms with van der Waals surface area (Å²) in [6.45, 7) is 0.418. The van der Waals surface area contributed by atoms with Gasteiger partial charge < -0.3 is 19.9 Å². The molecule has 28 heavy (non-hydrogen) atoms. The number of nitrogens with zero attached hydrogens (tertiary/aromatic N) is 1. The van der Waals surface area contributed by atoms with E-state index < -0.39 is 5.97 Å². The number of esters is 1. The molecule has 2 amide bonds. The van der Waals surface area contributed by atoms with Crippen molar-refractivity contribution in [1.29, 1.82) is 0 Å². The van der Waals surface area contributed by atoms with Gasteiger partial charge in [-0.05, 0) is 18.6 Å². The molecular formula is C20H20N2O6. The molecule has 0 atom stereocenters. The maximum atomic E-state index is 12.3. The van der Waals surface area contributed by atoms with Gasteiger partial charge in [-0.2, -0.15) is 0 Å². The van der Waals surface area contributed by atoms with Crippen LogP contribution in [-0.2, 0) is 4.74 Å². The first kappa shape index (κ1) is 19.2. The Morgan fingerprint density at radius 2 is 1.68 bits per heavy atom. The van der Waals surface area contributed by atoms with Crippen LogP contribution in [0.5, 0.6) is 11.5 Å². The molecule has 8 nitrogen and oxygen atoms in total. The summed E-state index contributed by atoms with van der Waals surface area (Å²) in [4.78, 5) is 37.7. The first-order valence-electron chi connectivity index (χ1n) is 8.61. The van der Waals surface area contributed by atoms with Gasteiger partial charge in [-0.1, -0.05) is 12.1 Å². The standard InChI is InChI=1S/C20H20N2O6/c1-26-16-11-15(21)14(20(25)27-2)10-17(16)28-9-5-8-22-18(23)12-6-3-4-7-13(12)19(22)24/h3-4,6-7,10-11H,5,8-9,21H2,1-2H3. The number of imide groups is 1. The monoisotopic (exact) mass is 384 g/mol. The number of carbonyl (C=O) groups excluding carboxylic acids is 3. The van der Waals surface area contributed by atoms with Gasteiger partial charge in [0.05, 0.1) is 43.2 Å². The maximum Gasteiger partial charge on any atom is 0.340 e. The fourth-order valence-electron chi connectivity index (χ4n) is 2.98. The summed E-state index contributed by atoms with van der Waals surface area (Å²) in [5, 5.41) is 0. The van der Waals surface area contributed by atoms with E-state index in [1.807, 2.05) is 0 Å². The van der Waals surface area contributed by atoms with Gasteiger partial charge in [0.25, 0.3) is 11.8 Å². The van der Waals surface area contributed by atoms with Gasteiger partial charge in [-0.15, -0.1) is 0 Å². The fourth-order valence-corrected chi connectivity index (χ4v) is 2.98. The van der Waals surface area contributed by atoms with Gasteiger partial charge in [-0.3, -0.25) is 14.5 Å². The van der Waals surface area contributed by atoms with Crippen LogP contribution < -0.4 is 15.2 Å². The predicted molar refractivity (Wildman–Crippen MR) is 101 cm³/mol. The summed E-state index contributed by atoms with van der Waals surface area (Å²) in [6, 6.07) is 9.65. The number of ether oxygens (including phenoxy) is 3. The van der Waals surface area contributed by atoms with Gasteiger partial charge in [0.2, 0.25) is 0 Å². The Morgan fingerprint density at radius 3 is 2.25 bits per heavy atom. The molecule has 0 unspecified atom stereocenters. The fraction of sp³-hybridized carbons (Fsp3) is 0.250. The SMILES string of the molecule is COC(=O)c1cc(OCCCN2C(=O)c3ccccc3C2=O)c(OC)cc1N. The third-order valence-electron chi connectivity index (χ3n) is 4.40. The summed E-state index contributed by atoms with van der Waals surface area (Å²) in [5.41, 5.74) is 7.04. The largest absolute Gasteiger partial charge is 0.493 e. The number of methoxy groups -OCH3 is 2. The molecule has 1 heterocycles. The minimum Gasteiger partial charge on any atom is -0.493 e. The van der Waals surface area contributed by atoms with Gasteiger partial charge in [-0.25, -0.2) is 4.79 Å². The molecule has 2 aromatic carbocycles. The molecular weight excluding hydrogens is 364 g/mol. The van der Waals surface area contributed by atoms with Crippen LogP contribution in [0.3, 0.4) is 0 Å². The topological polar surface area (TPSA) is 108 Å². The van der Waals surface area contributed by atoms with Crippen LogP contribution in [0.1, 0.15) is 37.5 Å². The number of amides is 2. The van der Waals surface area contributed by atoms with Crippen LogP contribution in [0, 0.1) is 0 Å². The summed E-state index contributed by atoms with van der Waals surface area (Å²) in [5.74, 6) is -0.515. The van der Waals surface area contributed by atoms with Crippen molar-refractivity contribution in [2.45, 2.75) is 6.42 Å². The maximum absolute atomic E-state index is 12.3. The van der Waals surface area contributed by atoms with E-state index in [4.69, 9.17) is 19.9 Å². The van der Waals surface area contributed by atoms with Crippen LogP contribution in [0.2, 0.25) is 0 Å². The van der Waals surface area contributed by atoms with E-state index in [1.54, 1.807) is 24.3 Å². The molecule has 2 aromatic rings. The number of benzene rings is 2. The highest BCUT2D eigenvalue weighted by atomic mass is 16.5. The highest BCUT2D eigenvalue weighted by Crippen LogP contribution is 2.32. The van der Waals surface area contributed by atoms with Crippen LogP contribution in [0.4, 0.5) is 5.69 Å². The molecule has 0 spiro atoms. The normalized spacial score (nSPS) is 12.7. The lowest BCUT2D eigenvalue weighted by atomic mass is 10.1. The molecule has 0 radical (unpaired) electrons. The van der Waals surface area contributed by atoms with Crippen molar-refractivity contribution in [2.24, 2.45) is 0 Å². The number of rotatable bonds is 7. The Morgan fingerprint density at radius 1 is 1.04 bits per heavy atom. The number of anilines is 1. The Balaban J connectivity index is 1.64. The number of fused-ring (bicyclic) bond motifs is 1. The van der Waals surface area contributed by atoms with Crippen molar-refractivity contribution < 1.29 is 28.6 Å². The van der Waals surface area contributed by atoms with Crippen LogP contribution in [0.25, 0.3) is 0 Å². The molecule has 0 fully saturated rings. The first-order chi connectivity index (χ1) is 13.5. The lowest BCUT2D eigenvalue weighted by Gasteiger charge is -2.16. The van der Waals surface area contributed by atoms with E-state index in [0.717, 1.165) is 0 Å². The van der Waals surface area contributed by atoms with Crippen molar-refractivity contribution in [1.82, 2.24) is 4.90 Å². The van der Waals surface area contributed by atoms with E-state index in [2.05, 4.69) is 0 Å². The minimum absolute atomic E-state index is 0.165. The average Bonchev–Trinajstić information content (AvgIpc) is 2.96. The zero-order chi connectivity index (χ0) is 20.3. The van der Waals surface area contributed by atoms with E-state index >= 15 is 0 Å². The number of carbonyl (C=O) groups is 3. The predicted octanol–water partition coefficient (Wildman–Crippen LogP) is 2.13. The van der Waals surface area contributed by atoms with Gasteiger partial charge >= 0.3 is 5.97 Å². The number of nitrogens with two attached hydrogens (primary N) is 1. The van der Waals surface area contributed by atoms with Crippen molar-refractivity contribution in [3.8, 4) is 11.5 Å². The molecule has 146 valence electrons. The quantitative estimate of drug-likeness (QED) is 0.337. The second-order valence-corrected chi connectivity index (χ2v) is 6.09. The lowest BCUT2D eigenvalue weighted by molar-refractivity contribution is 0.0597. The molecule has 2 N–H and O–H groups in total. The Labute approximate surface area is 161 Å². The number of hydrogen-bond donors (Lipinski definition) is 1. The smallest absolute Gasteiger partial charge is 0.340 e. The van der Waals surface area contributed by atoms with E-state index in [1.165, 1.54) is 31.3 Å². The first-order valence-corrected chi connectivity index (χ1v) is 8.61. The Bertz CT molecular complexity index is 905. The second kappa shape index (κ2) is 7.99. The number of nitrogen functional groups attached to an aromatic ring is 1. The van der Waals surface area contributed by atoms with Gasteiger partial charge in [0, 0.05) is 18.7 Å². The van der Waals surface area contributed by atoms with Crippen LogP contribution in [-0.4, -0.2) is 50.1 Å². The molecule has 0 saturated carbocycles. The molecule has 8 heteroatoms. The summed E-state index contributed by atoms with van der Waals surface area (Å²) in [6.07, 6.45) is 0.409. The summed E-state index contributed by atoms with van der Waals surface area (Å²) >= 11 is 0. The Kier molecular flexibility index (Phi) is 5.49. The van der Waals surface area contributed by atoms with E-state index in [9.17, 15) is 14.4 Å². The van der Waals surface area contributed by atoms with Crippen molar-refractivity contribution >= 4 is 23.5 Å². The molecule has 3 rings (SSSR count). The molecule has 0 aliphatic carbocycles. The minimum atomic E-state index is -0.587. The molecule has 0 aromatic heterocycles. The van der Waals surface area contributed by atoms with Gasteiger partial charge in [0.15, 0.2) is 11.5 Å². The second-order valence-electron chi connectivity index (χ2n) is 6.09. The highest BCUT2D eigenvalue weighted by molar-refractivity contribution is 6.21. The lowest BCUT2D eigenvalue weighted by Crippen LogP contribution is -2.31. The van der Waals surface area contributed by atoms with E-state index in [-0.39, 0.29) is 36.2 Å². The van der Waals surface area contributed by atoms with Crippen molar-refractivity contribution in [3.05, 3.63) is 53.1 Å². The number of hydrogen-bond acceptors (Lipinski definition) is 7. The molecule has 1 aliphatic heterocycles. The van der Waals surface area contributed by atoms with Crippen LogP contribution in [0.15, 0.2) is 36.4 Å². The molecule has 1 aliphatic rings. The molecule has 0 bridgehead atoms. The van der Waals surface area contributed by atoms with E-state index in [0.29, 0.717) is 29.0 Å². The van der Waals surface area contributed by atoms with Crippen molar-refractivity contribution in [2.75, 3.05) is 33.1 Å². The molecule has 0 saturated heterocycles. The highest BCUT2D eigenvalue weighted by Gasteiger charge is 2.34. The Hall–Kier alpha value is -3.55. The third-order valence-corrected chi connectivity index (χ3v) is 4.40. The summed E-state index contributed by atoms with van der Waals surface area (Å²) in [7, 11) is 2.72. The third kappa shape index (κ3) is 3.48. The van der Waals surface area contributed by atoms with Crippen molar-refractivity contribution in [3.63, 3.8) is 0 Å².